The van der Waals surface area contributed by atoms with Gasteiger partial charge in [-0.05, 0) is 54.3 Å². The number of hydrogen-bond acceptors (Lipinski definition) is 6. The SMILES string of the molecule is Cc1cc(C#N)cc(F)c1N1NC2C(CC1=O)NNC2c1ccc2c(c1)CNCC2. The summed E-state index contributed by atoms with van der Waals surface area (Å²) in [4.78, 5) is 12.8. The molecule has 2 aromatic carbocycles. The van der Waals surface area contributed by atoms with Gasteiger partial charge in [-0.1, -0.05) is 18.2 Å². The molecule has 8 heteroatoms. The summed E-state index contributed by atoms with van der Waals surface area (Å²) in [5, 5.41) is 13.8. The highest BCUT2D eigenvalue weighted by Gasteiger charge is 2.44. The van der Waals surface area contributed by atoms with E-state index in [1.165, 1.54) is 22.2 Å². The second-order valence-electron chi connectivity index (χ2n) is 8.15. The summed E-state index contributed by atoms with van der Waals surface area (Å²) in [5.41, 5.74) is 14.5. The highest BCUT2D eigenvalue weighted by Crippen LogP contribution is 2.33. The summed E-state index contributed by atoms with van der Waals surface area (Å²) in [7, 11) is 0. The lowest BCUT2D eigenvalue weighted by Crippen LogP contribution is -2.60. The Morgan fingerprint density at radius 2 is 2.07 bits per heavy atom. The van der Waals surface area contributed by atoms with Gasteiger partial charge < -0.3 is 5.32 Å². The maximum Gasteiger partial charge on any atom is 0.243 e. The van der Waals surface area contributed by atoms with E-state index in [0.29, 0.717) is 5.56 Å². The van der Waals surface area contributed by atoms with E-state index in [0.717, 1.165) is 25.1 Å². The molecule has 3 aliphatic heterocycles. The van der Waals surface area contributed by atoms with Crippen molar-refractivity contribution in [3.05, 3.63) is 64.0 Å². The van der Waals surface area contributed by atoms with Gasteiger partial charge in [0.05, 0.1) is 29.4 Å². The lowest BCUT2D eigenvalue weighted by atomic mass is 9.90. The van der Waals surface area contributed by atoms with Crippen LogP contribution in [0.1, 0.15) is 40.3 Å². The molecule has 3 atom stereocenters. The fourth-order valence-corrected chi connectivity index (χ4v) is 4.71. The van der Waals surface area contributed by atoms with Crippen molar-refractivity contribution in [2.24, 2.45) is 0 Å². The van der Waals surface area contributed by atoms with E-state index in [4.69, 9.17) is 5.26 Å². The van der Waals surface area contributed by atoms with Crippen molar-refractivity contribution < 1.29 is 9.18 Å². The monoisotopic (exact) mass is 406 g/mol. The number of rotatable bonds is 2. The number of anilines is 1. The first-order valence-electron chi connectivity index (χ1n) is 10.2. The molecule has 154 valence electrons. The maximum absolute atomic E-state index is 14.8. The molecule has 0 aliphatic carbocycles. The average molecular weight is 406 g/mol. The maximum atomic E-state index is 14.8. The Morgan fingerprint density at radius 3 is 2.87 bits per heavy atom. The van der Waals surface area contributed by atoms with Crippen molar-refractivity contribution in [1.29, 1.82) is 5.26 Å². The topological polar surface area (TPSA) is 92.2 Å². The molecule has 5 rings (SSSR count). The van der Waals surface area contributed by atoms with E-state index in [1.807, 2.05) is 6.07 Å². The summed E-state index contributed by atoms with van der Waals surface area (Å²) in [5.74, 6) is -0.797. The van der Waals surface area contributed by atoms with Crippen LogP contribution in [0.25, 0.3) is 0 Å². The minimum absolute atomic E-state index is 0.0698. The first-order valence-corrected chi connectivity index (χ1v) is 10.2. The smallest absolute Gasteiger partial charge is 0.243 e. The van der Waals surface area contributed by atoms with Crippen molar-refractivity contribution in [1.82, 2.24) is 21.6 Å². The Hall–Kier alpha value is -2.83. The number of amides is 1. The molecule has 0 radical (unpaired) electrons. The van der Waals surface area contributed by atoms with Crippen LogP contribution in [0.2, 0.25) is 0 Å². The number of fused-ring (bicyclic) bond motifs is 2. The molecular weight excluding hydrogens is 383 g/mol. The summed E-state index contributed by atoms with van der Waals surface area (Å²) >= 11 is 0. The predicted octanol–water partition coefficient (Wildman–Crippen LogP) is 1.48. The molecular formula is C22H23FN6O. The van der Waals surface area contributed by atoms with Crippen LogP contribution < -0.4 is 26.6 Å². The fourth-order valence-electron chi connectivity index (χ4n) is 4.71. The largest absolute Gasteiger partial charge is 0.312 e. The number of hydrogen-bond donors (Lipinski definition) is 4. The third-order valence-electron chi connectivity index (χ3n) is 6.22. The summed E-state index contributed by atoms with van der Waals surface area (Å²) in [6.07, 6.45) is 1.27. The van der Waals surface area contributed by atoms with Gasteiger partial charge in [0.1, 0.15) is 5.82 Å². The molecule has 2 saturated heterocycles. The van der Waals surface area contributed by atoms with Crippen molar-refractivity contribution in [2.75, 3.05) is 11.6 Å². The molecule has 7 nitrogen and oxygen atoms in total. The molecule has 2 aromatic rings. The van der Waals surface area contributed by atoms with Gasteiger partial charge in [0.25, 0.3) is 0 Å². The zero-order valence-corrected chi connectivity index (χ0v) is 16.6. The quantitative estimate of drug-likeness (QED) is 0.604. The molecule has 3 aliphatic rings. The zero-order chi connectivity index (χ0) is 20.8. The Balaban J connectivity index is 1.46. The van der Waals surface area contributed by atoms with E-state index in [2.05, 4.69) is 39.8 Å². The van der Waals surface area contributed by atoms with E-state index in [9.17, 15) is 9.18 Å². The number of hydrazine groups is 2. The minimum atomic E-state index is -0.582. The second kappa shape index (κ2) is 7.45. The number of carbonyl (C=O) groups is 1. The Bertz CT molecular complexity index is 1040. The Morgan fingerprint density at radius 1 is 1.20 bits per heavy atom. The van der Waals surface area contributed by atoms with Gasteiger partial charge in [0.2, 0.25) is 5.91 Å². The van der Waals surface area contributed by atoms with Crippen molar-refractivity contribution in [3.8, 4) is 6.07 Å². The molecule has 30 heavy (non-hydrogen) atoms. The third kappa shape index (κ3) is 3.16. The molecule has 3 unspecified atom stereocenters. The number of halogens is 1. The lowest BCUT2D eigenvalue weighted by molar-refractivity contribution is -0.121. The number of benzene rings is 2. The van der Waals surface area contributed by atoms with E-state index in [-0.39, 0.29) is 41.7 Å². The first kappa shape index (κ1) is 19.2. The highest BCUT2D eigenvalue weighted by molar-refractivity contribution is 5.95. The molecule has 2 fully saturated rings. The van der Waals surface area contributed by atoms with Crippen LogP contribution in [0.5, 0.6) is 0 Å². The van der Waals surface area contributed by atoms with Crippen molar-refractivity contribution in [2.45, 2.75) is 44.4 Å². The normalized spacial score (nSPS) is 25.6. The Kier molecular flexibility index (Phi) is 4.76. The molecule has 0 saturated carbocycles. The van der Waals surface area contributed by atoms with Gasteiger partial charge in [0, 0.05) is 19.0 Å². The molecule has 4 N–H and O–H groups in total. The van der Waals surface area contributed by atoms with E-state index >= 15 is 0 Å². The van der Waals surface area contributed by atoms with Crippen molar-refractivity contribution in [3.63, 3.8) is 0 Å². The second-order valence-corrected chi connectivity index (χ2v) is 8.15. The van der Waals surface area contributed by atoms with Crippen molar-refractivity contribution >= 4 is 11.6 Å². The summed E-state index contributed by atoms with van der Waals surface area (Å²) < 4.78 is 14.8. The van der Waals surface area contributed by atoms with Crippen LogP contribution >= 0.6 is 0 Å². The number of carbonyl (C=O) groups excluding carboxylic acids is 1. The first-order chi connectivity index (χ1) is 14.5. The van der Waals surface area contributed by atoms with Crippen LogP contribution in [0.15, 0.2) is 30.3 Å². The molecule has 3 heterocycles. The van der Waals surface area contributed by atoms with Gasteiger partial charge in [-0.2, -0.15) is 5.26 Å². The summed E-state index contributed by atoms with van der Waals surface area (Å²) in [6.45, 7) is 3.55. The van der Waals surface area contributed by atoms with Gasteiger partial charge in [-0.25, -0.2) is 20.3 Å². The van der Waals surface area contributed by atoms with Crippen LogP contribution in [0.3, 0.4) is 0 Å². The van der Waals surface area contributed by atoms with Crippen LogP contribution in [0.4, 0.5) is 10.1 Å². The van der Waals surface area contributed by atoms with Crippen LogP contribution in [0, 0.1) is 24.1 Å². The fraction of sp³-hybridized carbons (Fsp3) is 0.364. The number of nitrogens with one attached hydrogen (secondary N) is 4. The molecule has 0 spiro atoms. The predicted molar refractivity (Wildman–Crippen MR) is 110 cm³/mol. The third-order valence-corrected chi connectivity index (χ3v) is 6.22. The standard InChI is InChI=1S/C22H23FN6O/c1-12-6-13(10-24)7-17(23)22(12)29-19(30)9-18-21(28-29)20(27-26-18)15-3-2-14-4-5-25-11-16(14)8-15/h2-3,6-8,18,20-21,25-28H,4-5,9,11H2,1H3. The lowest BCUT2D eigenvalue weighted by Gasteiger charge is -2.37. The van der Waals surface area contributed by atoms with Gasteiger partial charge in [0.15, 0.2) is 0 Å². The van der Waals surface area contributed by atoms with E-state index < -0.39 is 5.82 Å². The Labute approximate surface area is 174 Å². The highest BCUT2D eigenvalue weighted by atomic mass is 19.1. The summed E-state index contributed by atoms with van der Waals surface area (Å²) in [6, 6.07) is 10.9. The molecule has 0 bridgehead atoms. The molecule has 0 aromatic heterocycles. The number of nitrogens with zero attached hydrogens (tertiary/aromatic N) is 2. The van der Waals surface area contributed by atoms with Gasteiger partial charge in [-0.15, -0.1) is 0 Å². The van der Waals surface area contributed by atoms with Gasteiger partial charge >= 0.3 is 0 Å². The van der Waals surface area contributed by atoms with E-state index in [1.54, 1.807) is 13.0 Å². The number of nitriles is 1. The average Bonchev–Trinajstić information content (AvgIpc) is 3.15. The van der Waals surface area contributed by atoms with Crippen LogP contribution in [-0.4, -0.2) is 24.5 Å². The number of aryl methyl sites for hydroxylation is 1. The zero-order valence-electron chi connectivity index (χ0n) is 16.6. The minimum Gasteiger partial charge on any atom is -0.312 e. The van der Waals surface area contributed by atoms with Gasteiger partial charge in [-0.3, -0.25) is 10.2 Å². The molecule has 1 amide bonds. The van der Waals surface area contributed by atoms with Crippen LogP contribution in [-0.2, 0) is 17.8 Å².